The summed E-state index contributed by atoms with van der Waals surface area (Å²) < 4.78 is 15.6. The largest absolute Gasteiger partial charge is 0.379 e. The van der Waals surface area contributed by atoms with Crippen molar-refractivity contribution >= 4 is 49.9 Å². The van der Waals surface area contributed by atoms with Crippen molar-refractivity contribution in [3.05, 3.63) is 64.8 Å². The number of hydrogen-bond donors (Lipinski definition) is 2. The molecule has 0 bridgehead atoms. The molecule has 0 radical (unpaired) electrons. The molecule has 7 heteroatoms. The van der Waals surface area contributed by atoms with Gasteiger partial charge in [0.2, 0.25) is 0 Å². The minimum atomic E-state index is -0.724. The highest BCUT2D eigenvalue weighted by Crippen LogP contribution is 2.37. The van der Waals surface area contributed by atoms with Gasteiger partial charge in [0.1, 0.15) is 5.82 Å². The van der Waals surface area contributed by atoms with Crippen LogP contribution in [0.4, 0.5) is 10.1 Å². The number of anilines is 1. The molecule has 0 spiro atoms. The van der Waals surface area contributed by atoms with E-state index in [-0.39, 0.29) is 11.7 Å². The fourth-order valence-electron chi connectivity index (χ4n) is 3.18. The van der Waals surface area contributed by atoms with Gasteiger partial charge in [-0.2, -0.15) is 0 Å². The monoisotopic (exact) mass is 399 g/mol. The Morgan fingerprint density at radius 2 is 2.07 bits per heavy atom. The smallest absolute Gasteiger partial charge is 0.265 e. The Kier molecular flexibility index (Phi) is 4.65. The number of thiophene rings is 1. The van der Waals surface area contributed by atoms with Gasteiger partial charge in [0.15, 0.2) is 5.17 Å². The molecular formula is C20H18FN3OS2. The predicted octanol–water partition coefficient (Wildman–Crippen LogP) is 4.96. The maximum Gasteiger partial charge on any atom is 0.265 e. The van der Waals surface area contributed by atoms with E-state index in [1.165, 1.54) is 29.2 Å². The average Bonchev–Trinajstić information content (AvgIpc) is 3.07. The highest BCUT2D eigenvalue weighted by atomic mass is 32.2. The normalized spacial score (nSPS) is 19.7. The zero-order valence-corrected chi connectivity index (χ0v) is 16.3. The molecule has 3 N–H and O–H groups in total. The fraction of sp³-hybridized carbons (Fsp3) is 0.200. The van der Waals surface area contributed by atoms with Crippen LogP contribution in [-0.2, 0) is 5.54 Å². The van der Waals surface area contributed by atoms with Crippen LogP contribution in [0.5, 0.6) is 0 Å². The van der Waals surface area contributed by atoms with Gasteiger partial charge in [0.25, 0.3) is 5.91 Å². The fourth-order valence-corrected chi connectivity index (χ4v) is 5.12. The van der Waals surface area contributed by atoms with E-state index < -0.39 is 5.54 Å². The Labute approximate surface area is 164 Å². The number of amidine groups is 1. The highest BCUT2D eigenvalue weighted by molar-refractivity contribution is 8.13. The van der Waals surface area contributed by atoms with E-state index in [0.717, 1.165) is 15.8 Å². The number of carbonyl (C=O) groups is 1. The second-order valence-electron chi connectivity index (χ2n) is 6.62. The molecule has 0 saturated heterocycles. The lowest BCUT2D eigenvalue weighted by molar-refractivity contribution is 0.103. The molecule has 1 amide bonds. The van der Waals surface area contributed by atoms with E-state index in [4.69, 9.17) is 5.73 Å². The van der Waals surface area contributed by atoms with Gasteiger partial charge in [-0.15, -0.1) is 11.3 Å². The third kappa shape index (κ3) is 3.57. The van der Waals surface area contributed by atoms with Crippen LogP contribution in [0.2, 0.25) is 0 Å². The summed E-state index contributed by atoms with van der Waals surface area (Å²) in [5.41, 5.74) is 6.12. The van der Waals surface area contributed by atoms with Crippen molar-refractivity contribution in [1.29, 1.82) is 0 Å². The Morgan fingerprint density at radius 1 is 1.26 bits per heavy atom. The van der Waals surface area contributed by atoms with Gasteiger partial charge in [0, 0.05) is 21.7 Å². The first-order valence-electron chi connectivity index (χ1n) is 8.53. The molecule has 1 aromatic heterocycles. The van der Waals surface area contributed by atoms with E-state index in [1.54, 1.807) is 12.1 Å². The zero-order valence-electron chi connectivity index (χ0n) is 14.7. The number of thioether (sulfide) groups is 1. The quantitative estimate of drug-likeness (QED) is 0.654. The molecule has 1 aliphatic heterocycles. The van der Waals surface area contributed by atoms with Gasteiger partial charge in [-0.25, -0.2) is 4.39 Å². The van der Waals surface area contributed by atoms with Crippen molar-refractivity contribution in [2.24, 2.45) is 10.7 Å². The number of nitrogens with zero attached hydrogens (tertiary/aromatic N) is 1. The summed E-state index contributed by atoms with van der Waals surface area (Å²) >= 11 is 2.90. The summed E-state index contributed by atoms with van der Waals surface area (Å²) in [6.07, 6.45) is 0.684. The molecule has 4 nitrogen and oxygen atoms in total. The predicted molar refractivity (Wildman–Crippen MR) is 112 cm³/mol. The minimum absolute atomic E-state index is 0.207. The molecule has 0 unspecified atom stereocenters. The molecule has 0 fully saturated rings. The molecule has 2 heterocycles. The van der Waals surface area contributed by atoms with Gasteiger partial charge in [-0.05, 0) is 49.1 Å². The molecule has 0 saturated carbocycles. The summed E-state index contributed by atoms with van der Waals surface area (Å²) in [7, 11) is 0. The number of benzene rings is 2. The van der Waals surface area contributed by atoms with Gasteiger partial charge >= 0.3 is 0 Å². The van der Waals surface area contributed by atoms with E-state index in [2.05, 4.69) is 10.3 Å². The van der Waals surface area contributed by atoms with Crippen LogP contribution in [0, 0.1) is 5.82 Å². The van der Waals surface area contributed by atoms with Gasteiger partial charge < -0.3 is 11.1 Å². The number of rotatable bonds is 3. The topological polar surface area (TPSA) is 67.5 Å². The van der Waals surface area contributed by atoms with Crippen LogP contribution in [0.25, 0.3) is 10.1 Å². The number of nitrogens with one attached hydrogen (secondary N) is 1. The molecule has 138 valence electrons. The van der Waals surface area contributed by atoms with Crippen molar-refractivity contribution in [3.63, 3.8) is 0 Å². The lowest BCUT2D eigenvalue weighted by Gasteiger charge is -2.30. The van der Waals surface area contributed by atoms with Crippen LogP contribution in [0.15, 0.2) is 53.5 Å². The van der Waals surface area contributed by atoms with Crippen LogP contribution >= 0.6 is 23.1 Å². The van der Waals surface area contributed by atoms with E-state index in [1.807, 2.05) is 37.3 Å². The minimum Gasteiger partial charge on any atom is -0.379 e. The number of fused-ring (bicyclic) bond motifs is 1. The van der Waals surface area contributed by atoms with E-state index in [9.17, 15) is 9.18 Å². The van der Waals surface area contributed by atoms with Crippen molar-refractivity contribution < 1.29 is 9.18 Å². The van der Waals surface area contributed by atoms with Crippen molar-refractivity contribution in [2.75, 3.05) is 11.1 Å². The van der Waals surface area contributed by atoms with Gasteiger partial charge in [-0.3, -0.25) is 9.79 Å². The Morgan fingerprint density at radius 3 is 2.85 bits per heavy atom. The number of carbonyl (C=O) groups excluding carboxylic acids is 1. The Balaban J connectivity index is 1.63. The zero-order chi connectivity index (χ0) is 19.0. The first kappa shape index (κ1) is 18.0. The van der Waals surface area contributed by atoms with Crippen LogP contribution in [-0.4, -0.2) is 16.8 Å². The lowest BCUT2D eigenvalue weighted by Crippen LogP contribution is -2.29. The van der Waals surface area contributed by atoms with E-state index >= 15 is 0 Å². The molecule has 0 aliphatic carbocycles. The lowest BCUT2D eigenvalue weighted by atomic mass is 9.89. The van der Waals surface area contributed by atoms with E-state index in [0.29, 0.717) is 27.7 Å². The highest BCUT2D eigenvalue weighted by Gasteiger charge is 2.32. The standard InChI is InChI=1S/C20H18FN3OS2/c1-20(8-9-26-19(22)24-20)14-11-13(6-7-15(14)21)23-18(25)17-10-12-4-2-3-5-16(12)27-17/h2-7,10-11H,8-9H2,1H3,(H2,22,24)(H,23,25)/t20-/m0/s1. The summed E-state index contributed by atoms with van der Waals surface area (Å²) in [4.78, 5) is 17.7. The molecule has 1 aliphatic rings. The second-order valence-corrected chi connectivity index (χ2v) is 8.82. The molecule has 3 aromatic rings. The van der Waals surface area contributed by atoms with Crippen molar-refractivity contribution in [1.82, 2.24) is 0 Å². The summed E-state index contributed by atoms with van der Waals surface area (Å²) in [5.74, 6) is 0.228. The third-order valence-corrected chi connectivity index (χ3v) is 6.56. The summed E-state index contributed by atoms with van der Waals surface area (Å²) in [6.45, 7) is 1.87. The first-order chi connectivity index (χ1) is 12.9. The Hall–Kier alpha value is -2.38. The second kappa shape index (κ2) is 6.98. The van der Waals surface area contributed by atoms with Crippen molar-refractivity contribution in [2.45, 2.75) is 18.9 Å². The number of amides is 1. The van der Waals surface area contributed by atoms with Crippen molar-refractivity contribution in [3.8, 4) is 0 Å². The number of hydrogen-bond acceptors (Lipinski definition) is 5. The molecule has 27 heavy (non-hydrogen) atoms. The molecule has 4 rings (SSSR count). The average molecular weight is 400 g/mol. The van der Waals surface area contributed by atoms with Crippen LogP contribution in [0.1, 0.15) is 28.6 Å². The maximum absolute atomic E-state index is 14.5. The van der Waals surface area contributed by atoms with Gasteiger partial charge in [-0.1, -0.05) is 30.0 Å². The molecular weight excluding hydrogens is 381 g/mol. The number of nitrogens with two attached hydrogens (primary N) is 1. The Bertz CT molecular complexity index is 1030. The first-order valence-corrected chi connectivity index (χ1v) is 10.3. The summed E-state index contributed by atoms with van der Waals surface area (Å²) in [6, 6.07) is 14.3. The summed E-state index contributed by atoms with van der Waals surface area (Å²) in [5, 5.41) is 4.37. The van der Waals surface area contributed by atoms with Gasteiger partial charge in [0.05, 0.1) is 10.4 Å². The van der Waals surface area contributed by atoms with Crippen LogP contribution in [0.3, 0.4) is 0 Å². The number of halogens is 1. The van der Waals surface area contributed by atoms with Crippen LogP contribution < -0.4 is 11.1 Å². The maximum atomic E-state index is 14.5. The third-order valence-electron chi connectivity index (χ3n) is 4.65. The molecule has 1 atom stereocenters. The SMILES string of the molecule is C[C@@]1(c2cc(NC(=O)c3cc4ccccc4s3)ccc2F)CCSC(N)=N1. The number of aliphatic imine (C=N–C) groups is 1. The molecule has 2 aromatic carbocycles.